The van der Waals surface area contributed by atoms with Crippen LogP contribution in [0.2, 0.25) is 5.02 Å². The Kier molecular flexibility index (Phi) is 3.72. The van der Waals surface area contributed by atoms with Crippen molar-refractivity contribution in [3.05, 3.63) is 39.8 Å². The summed E-state index contributed by atoms with van der Waals surface area (Å²) in [5, 5.41) is 3.23. The Hall–Kier alpha value is -0.800. The van der Waals surface area contributed by atoms with Crippen molar-refractivity contribution >= 4 is 39.1 Å². The van der Waals surface area contributed by atoms with Crippen molar-refractivity contribution in [3.8, 4) is 0 Å². The van der Waals surface area contributed by atoms with E-state index in [-0.39, 0.29) is 5.91 Å². The standard InChI is InChI=1S/C10H9BrClNO/c1-6(2)10(14)13-7-3-4-8(11)9(12)5-7/h3-5H,1H2,2H3,(H,13,14). The molecular weight excluding hydrogens is 265 g/mol. The molecule has 0 aromatic heterocycles. The molecule has 0 heterocycles. The first-order chi connectivity index (χ1) is 6.50. The van der Waals surface area contributed by atoms with Gasteiger partial charge in [0.1, 0.15) is 0 Å². The number of hydrogen-bond donors (Lipinski definition) is 1. The summed E-state index contributed by atoms with van der Waals surface area (Å²) < 4.78 is 0.799. The van der Waals surface area contributed by atoms with Crippen molar-refractivity contribution in [1.82, 2.24) is 0 Å². The molecule has 0 fully saturated rings. The smallest absolute Gasteiger partial charge is 0.250 e. The first-order valence-electron chi connectivity index (χ1n) is 3.92. The van der Waals surface area contributed by atoms with E-state index < -0.39 is 0 Å². The monoisotopic (exact) mass is 273 g/mol. The van der Waals surface area contributed by atoms with E-state index in [1.807, 2.05) is 0 Å². The molecule has 0 unspecified atom stereocenters. The van der Waals surface area contributed by atoms with Crippen molar-refractivity contribution < 1.29 is 4.79 Å². The zero-order valence-corrected chi connectivity index (χ0v) is 9.95. The van der Waals surface area contributed by atoms with Crippen molar-refractivity contribution in [2.75, 3.05) is 5.32 Å². The highest BCUT2D eigenvalue weighted by Crippen LogP contribution is 2.25. The maximum absolute atomic E-state index is 11.2. The van der Waals surface area contributed by atoms with E-state index in [2.05, 4.69) is 27.8 Å². The molecule has 2 nitrogen and oxygen atoms in total. The van der Waals surface area contributed by atoms with Gasteiger partial charge in [-0.2, -0.15) is 0 Å². The first-order valence-corrected chi connectivity index (χ1v) is 5.09. The molecule has 74 valence electrons. The molecule has 0 aliphatic carbocycles. The van der Waals surface area contributed by atoms with Gasteiger partial charge < -0.3 is 5.32 Å². The summed E-state index contributed by atoms with van der Waals surface area (Å²) in [4.78, 5) is 11.2. The van der Waals surface area contributed by atoms with Gasteiger partial charge in [0, 0.05) is 15.7 Å². The van der Waals surface area contributed by atoms with Crippen LogP contribution in [0.3, 0.4) is 0 Å². The van der Waals surface area contributed by atoms with Gasteiger partial charge in [-0.15, -0.1) is 0 Å². The minimum absolute atomic E-state index is 0.205. The van der Waals surface area contributed by atoms with Gasteiger partial charge in [-0.25, -0.2) is 0 Å². The molecule has 0 spiro atoms. The van der Waals surface area contributed by atoms with Crippen molar-refractivity contribution in [3.63, 3.8) is 0 Å². The largest absolute Gasteiger partial charge is 0.322 e. The predicted octanol–water partition coefficient (Wildman–Crippen LogP) is 3.62. The topological polar surface area (TPSA) is 29.1 Å². The Morgan fingerprint density at radius 2 is 2.21 bits per heavy atom. The molecule has 0 aliphatic rings. The maximum Gasteiger partial charge on any atom is 0.250 e. The second kappa shape index (κ2) is 4.62. The lowest BCUT2D eigenvalue weighted by Crippen LogP contribution is -2.11. The quantitative estimate of drug-likeness (QED) is 0.820. The van der Waals surface area contributed by atoms with Crippen LogP contribution >= 0.6 is 27.5 Å². The molecule has 1 aromatic rings. The van der Waals surface area contributed by atoms with Crippen LogP contribution in [0.15, 0.2) is 34.8 Å². The fourth-order valence-corrected chi connectivity index (χ4v) is 1.24. The SMILES string of the molecule is C=C(C)C(=O)Nc1ccc(Br)c(Cl)c1. The van der Waals surface area contributed by atoms with Gasteiger partial charge in [-0.3, -0.25) is 4.79 Å². The summed E-state index contributed by atoms with van der Waals surface area (Å²) in [6.07, 6.45) is 0. The zero-order chi connectivity index (χ0) is 10.7. The lowest BCUT2D eigenvalue weighted by molar-refractivity contribution is -0.112. The molecule has 0 aliphatic heterocycles. The molecule has 0 radical (unpaired) electrons. The Labute approximate surface area is 96.1 Å². The van der Waals surface area contributed by atoms with Crippen LogP contribution in [-0.4, -0.2) is 5.91 Å². The van der Waals surface area contributed by atoms with Gasteiger partial charge in [-0.05, 0) is 41.1 Å². The summed E-state index contributed by atoms with van der Waals surface area (Å²) in [5.74, 6) is -0.205. The highest BCUT2D eigenvalue weighted by molar-refractivity contribution is 9.10. The van der Waals surface area contributed by atoms with E-state index in [0.29, 0.717) is 16.3 Å². The third-order valence-electron chi connectivity index (χ3n) is 1.57. The van der Waals surface area contributed by atoms with Crippen LogP contribution < -0.4 is 5.32 Å². The van der Waals surface area contributed by atoms with Crippen LogP contribution in [-0.2, 0) is 4.79 Å². The molecule has 14 heavy (non-hydrogen) atoms. The van der Waals surface area contributed by atoms with Crippen LogP contribution in [0.4, 0.5) is 5.69 Å². The van der Waals surface area contributed by atoms with Crippen LogP contribution in [0.1, 0.15) is 6.92 Å². The summed E-state index contributed by atoms with van der Waals surface area (Å²) >= 11 is 9.12. The Bertz CT molecular complexity index is 390. The normalized spacial score (nSPS) is 9.64. The minimum atomic E-state index is -0.205. The maximum atomic E-state index is 11.2. The molecular formula is C10H9BrClNO. The molecule has 1 N–H and O–H groups in total. The lowest BCUT2D eigenvalue weighted by atomic mass is 10.3. The molecule has 4 heteroatoms. The van der Waals surface area contributed by atoms with Gasteiger partial charge in [0.05, 0.1) is 5.02 Å². The second-order valence-electron chi connectivity index (χ2n) is 2.86. The Morgan fingerprint density at radius 3 is 2.71 bits per heavy atom. The Balaban J connectivity index is 2.83. The average Bonchev–Trinajstić information content (AvgIpc) is 2.11. The number of anilines is 1. The summed E-state index contributed by atoms with van der Waals surface area (Å²) in [6.45, 7) is 5.19. The van der Waals surface area contributed by atoms with E-state index in [9.17, 15) is 4.79 Å². The van der Waals surface area contributed by atoms with E-state index >= 15 is 0 Å². The van der Waals surface area contributed by atoms with E-state index in [1.54, 1.807) is 25.1 Å². The minimum Gasteiger partial charge on any atom is -0.322 e. The molecule has 1 rings (SSSR count). The Morgan fingerprint density at radius 1 is 1.57 bits per heavy atom. The van der Waals surface area contributed by atoms with E-state index in [4.69, 9.17) is 11.6 Å². The zero-order valence-electron chi connectivity index (χ0n) is 7.60. The van der Waals surface area contributed by atoms with Crippen LogP contribution in [0.25, 0.3) is 0 Å². The number of halogens is 2. The molecule has 0 saturated carbocycles. The van der Waals surface area contributed by atoms with E-state index in [1.165, 1.54) is 0 Å². The lowest BCUT2D eigenvalue weighted by Gasteiger charge is -2.05. The van der Waals surface area contributed by atoms with Gasteiger partial charge in [0.15, 0.2) is 0 Å². The van der Waals surface area contributed by atoms with Gasteiger partial charge in [-0.1, -0.05) is 18.2 Å². The van der Waals surface area contributed by atoms with E-state index in [0.717, 1.165) is 4.47 Å². The number of hydrogen-bond acceptors (Lipinski definition) is 1. The van der Waals surface area contributed by atoms with Gasteiger partial charge in [0.25, 0.3) is 5.91 Å². The number of amides is 1. The fraction of sp³-hybridized carbons (Fsp3) is 0.100. The molecule has 1 amide bonds. The molecule has 0 saturated heterocycles. The number of rotatable bonds is 2. The fourth-order valence-electron chi connectivity index (χ4n) is 0.812. The van der Waals surface area contributed by atoms with Gasteiger partial charge >= 0.3 is 0 Å². The third-order valence-corrected chi connectivity index (χ3v) is 2.80. The van der Waals surface area contributed by atoms with Crippen LogP contribution in [0, 0.1) is 0 Å². The second-order valence-corrected chi connectivity index (χ2v) is 4.12. The van der Waals surface area contributed by atoms with Gasteiger partial charge in [0.2, 0.25) is 0 Å². The summed E-state index contributed by atoms with van der Waals surface area (Å²) in [5.41, 5.74) is 1.12. The predicted molar refractivity (Wildman–Crippen MR) is 62.6 cm³/mol. The molecule has 0 atom stereocenters. The highest BCUT2D eigenvalue weighted by atomic mass is 79.9. The van der Waals surface area contributed by atoms with Crippen LogP contribution in [0.5, 0.6) is 0 Å². The number of benzene rings is 1. The summed E-state index contributed by atoms with van der Waals surface area (Å²) in [7, 11) is 0. The highest BCUT2D eigenvalue weighted by Gasteiger charge is 2.03. The average molecular weight is 275 g/mol. The number of carbonyl (C=O) groups excluding carboxylic acids is 1. The molecule has 0 bridgehead atoms. The number of carbonyl (C=O) groups is 1. The van der Waals surface area contributed by atoms with Crippen molar-refractivity contribution in [1.29, 1.82) is 0 Å². The molecule has 1 aromatic carbocycles. The third kappa shape index (κ3) is 2.86. The number of nitrogens with one attached hydrogen (secondary N) is 1. The first kappa shape index (κ1) is 11.3. The summed E-state index contributed by atoms with van der Waals surface area (Å²) in [6, 6.07) is 5.21. The van der Waals surface area contributed by atoms with Crippen molar-refractivity contribution in [2.24, 2.45) is 0 Å². The van der Waals surface area contributed by atoms with Crippen molar-refractivity contribution in [2.45, 2.75) is 6.92 Å².